The van der Waals surface area contributed by atoms with Crippen LogP contribution in [-0.4, -0.2) is 35.6 Å². The maximum absolute atomic E-state index is 12.2. The Labute approximate surface area is 176 Å². The maximum atomic E-state index is 12.2. The van der Waals surface area contributed by atoms with E-state index in [2.05, 4.69) is 31.5 Å². The van der Waals surface area contributed by atoms with Crippen LogP contribution in [0.5, 0.6) is 0 Å². The summed E-state index contributed by atoms with van der Waals surface area (Å²) in [7, 11) is 2.99. The van der Waals surface area contributed by atoms with Crippen molar-refractivity contribution in [3.05, 3.63) is 76.4 Å². The van der Waals surface area contributed by atoms with Gasteiger partial charge in [0.25, 0.3) is 5.91 Å². The van der Waals surface area contributed by atoms with E-state index in [0.717, 1.165) is 26.3 Å². The quantitative estimate of drug-likeness (QED) is 0.329. The van der Waals surface area contributed by atoms with Gasteiger partial charge in [0.2, 0.25) is 0 Å². The molecule has 8 heteroatoms. The molecule has 0 saturated carbocycles. The highest BCUT2D eigenvalue weighted by Crippen LogP contribution is 2.24. The summed E-state index contributed by atoms with van der Waals surface area (Å²) in [6.45, 7) is 0. The van der Waals surface area contributed by atoms with Crippen LogP contribution < -0.4 is 5.32 Å². The topological polar surface area (TPSA) is 68.5 Å². The molecule has 1 heterocycles. The second kappa shape index (κ2) is 9.57. The number of likely N-dealkylation sites (N-methyl/N-ethyl adjacent to an activating group) is 1. The lowest BCUT2D eigenvalue weighted by Gasteiger charge is -2.10. The highest BCUT2D eigenvalue weighted by atomic mass is 79.9. The lowest BCUT2D eigenvalue weighted by Crippen LogP contribution is -2.29. The van der Waals surface area contributed by atoms with Crippen LogP contribution in [0.15, 0.2) is 75.4 Å². The van der Waals surface area contributed by atoms with Gasteiger partial charge < -0.3 is 10.2 Å². The monoisotopic (exact) mass is 458 g/mol. The number of amides is 1. The normalized spacial score (nSPS) is 11.3. The van der Waals surface area contributed by atoms with Gasteiger partial charge in [-0.2, -0.15) is 5.10 Å². The minimum atomic E-state index is -0.293. The van der Waals surface area contributed by atoms with Crippen molar-refractivity contribution in [2.75, 3.05) is 14.2 Å². The van der Waals surface area contributed by atoms with Crippen LogP contribution in [0.3, 0.4) is 0 Å². The molecule has 0 unspecified atom stereocenters. The second-order valence-corrected chi connectivity index (χ2v) is 7.63. The molecule has 0 radical (unpaired) electrons. The number of nitrogens with one attached hydrogen (secondary N) is 1. The van der Waals surface area contributed by atoms with Gasteiger partial charge in [0.1, 0.15) is 12.1 Å². The summed E-state index contributed by atoms with van der Waals surface area (Å²) in [5.74, 6) is 0.353. The van der Waals surface area contributed by atoms with E-state index in [0.29, 0.717) is 5.75 Å². The summed E-state index contributed by atoms with van der Waals surface area (Å²) in [5, 5.41) is 12.0. The lowest BCUT2D eigenvalue weighted by molar-refractivity contribution is -0.114. The first-order valence-corrected chi connectivity index (χ1v) is 10.3. The Morgan fingerprint density at radius 1 is 1.21 bits per heavy atom. The molecular weight excluding hydrogens is 440 g/mol. The van der Waals surface area contributed by atoms with E-state index in [1.165, 1.54) is 7.11 Å². The van der Waals surface area contributed by atoms with Crippen LogP contribution >= 0.6 is 27.7 Å². The van der Waals surface area contributed by atoms with E-state index in [-0.39, 0.29) is 11.6 Å². The summed E-state index contributed by atoms with van der Waals surface area (Å²) in [6, 6.07) is 17.6. The van der Waals surface area contributed by atoms with Crippen molar-refractivity contribution in [2.24, 2.45) is 5.16 Å². The lowest BCUT2D eigenvalue weighted by atomic mass is 10.0. The van der Waals surface area contributed by atoms with E-state index in [1.54, 1.807) is 18.8 Å². The molecule has 0 aliphatic carbocycles. The second-order valence-electron chi connectivity index (χ2n) is 5.72. The first-order valence-electron chi connectivity index (χ1n) is 8.48. The Hall–Kier alpha value is -2.58. The minimum Gasteiger partial charge on any atom is -0.398 e. The fourth-order valence-electron chi connectivity index (χ4n) is 2.57. The fourth-order valence-corrected chi connectivity index (χ4v) is 3.70. The zero-order valence-corrected chi connectivity index (χ0v) is 17.8. The fraction of sp³-hybridized carbons (Fsp3) is 0.150. The number of aromatic nitrogens is 2. The van der Waals surface area contributed by atoms with Crippen molar-refractivity contribution in [2.45, 2.75) is 10.8 Å². The average Bonchev–Trinajstić information content (AvgIpc) is 3.20. The van der Waals surface area contributed by atoms with Crippen LogP contribution in [0.2, 0.25) is 0 Å². The molecule has 1 amide bonds. The molecular formula is C20H19BrN4O2S. The van der Waals surface area contributed by atoms with Gasteiger partial charge in [-0.15, -0.1) is 0 Å². The summed E-state index contributed by atoms with van der Waals surface area (Å²) in [6.07, 6.45) is 1.93. The molecule has 0 saturated heterocycles. The molecule has 28 heavy (non-hydrogen) atoms. The van der Waals surface area contributed by atoms with Gasteiger partial charge >= 0.3 is 0 Å². The molecule has 0 spiro atoms. The molecule has 0 bridgehead atoms. The first-order chi connectivity index (χ1) is 13.6. The Balaban J connectivity index is 1.78. The minimum absolute atomic E-state index is 0.251. The van der Waals surface area contributed by atoms with Crippen molar-refractivity contribution in [3.8, 4) is 5.69 Å². The van der Waals surface area contributed by atoms with Gasteiger partial charge in [0, 0.05) is 29.0 Å². The molecule has 0 aliphatic heterocycles. The number of carbonyl (C=O) groups is 1. The summed E-state index contributed by atoms with van der Waals surface area (Å²) >= 11 is 5.03. The van der Waals surface area contributed by atoms with Gasteiger partial charge in [0.05, 0.1) is 5.69 Å². The van der Waals surface area contributed by atoms with Crippen molar-refractivity contribution >= 4 is 39.3 Å². The molecule has 0 atom stereocenters. The number of nitrogens with zero attached hydrogens (tertiary/aromatic N) is 3. The molecule has 0 aliphatic rings. The van der Waals surface area contributed by atoms with Crippen molar-refractivity contribution in [1.29, 1.82) is 0 Å². The van der Waals surface area contributed by atoms with Gasteiger partial charge in [0.15, 0.2) is 5.71 Å². The molecule has 144 valence electrons. The number of oxime groups is 1. The first kappa shape index (κ1) is 20.2. The third-order valence-corrected chi connectivity index (χ3v) is 5.43. The van der Waals surface area contributed by atoms with Crippen LogP contribution in [0.25, 0.3) is 5.69 Å². The standard InChI is InChI=1S/C20H19BrN4O2S/c1-22-20(26)19(24-27-2)17-6-4-3-5-14(17)13-28-18-11-12-25(23-18)16-9-7-15(21)8-10-16/h3-12H,13H2,1-2H3,(H,22,26)/b24-19+. The number of benzene rings is 2. The summed E-state index contributed by atoms with van der Waals surface area (Å²) < 4.78 is 2.86. The smallest absolute Gasteiger partial charge is 0.273 e. The molecule has 3 aromatic rings. The predicted octanol–water partition coefficient (Wildman–Crippen LogP) is 4.02. The van der Waals surface area contributed by atoms with Crippen LogP contribution in [0.1, 0.15) is 11.1 Å². The van der Waals surface area contributed by atoms with E-state index in [9.17, 15) is 4.79 Å². The van der Waals surface area contributed by atoms with Crippen molar-refractivity contribution < 1.29 is 9.63 Å². The van der Waals surface area contributed by atoms with E-state index in [4.69, 9.17) is 4.84 Å². The number of carbonyl (C=O) groups excluding carboxylic acids is 1. The SMILES string of the molecule is CNC(=O)/C(=N/OC)c1ccccc1CSc1ccn(-c2ccc(Br)cc2)n1. The highest BCUT2D eigenvalue weighted by Gasteiger charge is 2.17. The van der Waals surface area contributed by atoms with E-state index < -0.39 is 0 Å². The maximum Gasteiger partial charge on any atom is 0.273 e. The number of hydrogen-bond acceptors (Lipinski definition) is 5. The van der Waals surface area contributed by atoms with Gasteiger partial charge in [-0.1, -0.05) is 57.1 Å². The Morgan fingerprint density at radius 2 is 1.96 bits per heavy atom. The van der Waals surface area contributed by atoms with Gasteiger partial charge in [-0.05, 0) is 35.9 Å². The van der Waals surface area contributed by atoms with Crippen LogP contribution in [0, 0.1) is 0 Å². The highest BCUT2D eigenvalue weighted by molar-refractivity contribution is 9.10. The summed E-state index contributed by atoms with van der Waals surface area (Å²) in [5.41, 5.74) is 2.96. The Morgan fingerprint density at radius 3 is 2.68 bits per heavy atom. The van der Waals surface area contributed by atoms with Gasteiger partial charge in [-0.3, -0.25) is 4.79 Å². The number of hydrogen-bond donors (Lipinski definition) is 1. The third kappa shape index (κ3) is 4.82. The predicted molar refractivity (Wildman–Crippen MR) is 115 cm³/mol. The third-order valence-electron chi connectivity index (χ3n) is 3.93. The van der Waals surface area contributed by atoms with Gasteiger partial charge in [-0.25, -0.2) is 4.68 Å². The number of thioether (sulfide) groups is 1. The number of rotatable bonds is 7. The average molecular weight is 459 g/mol. The van der Waals surface area contributed by atoms with Crippen LogP contribution in [0.4, 0.5) is 0 Å². The van der Waals surface area contributed by atoms with Crippen molar-refractivity contribution in [3.63, 3.8) is 0 Å². The zero-order valence-electron chi connectivity index (χ0n) is 15.4. The molecule has 1 N–H and O–H groups in total. The molecule has 6 nitrogen and oxygen atoms in total. The van der Waals surface area contributed by atoms with Crippen molar-refractivity contribution in [1.82, 2.24) is 15.1 Å². The van der Waals surface area contributed by atoms with E-state index >= 15 is 0 Å². The zero-order chi connectivity index (χ0) is 19.9. The molecule has 2 aromatic carbocycles. The van der Waals surface area contributed by atoms with Crippen LogP contribution in [-0.2, 0) is 15.4 Å². The Bertz CT molecular complexity index is 986. The largest absolute Gasteiger partial charge is 0.398 e. The molecule has 0 fully saturated rings. The molecule has 1 aromatic heterocycles. The Kier molecular flexibility index (Phi) is 6.89. The summed E-state index contributed by atoms with van der Waals surface area (Å²) in [4.78, 5) is 17.0. The number of halogens is 1. The molecule has 3 rings (SSSR count). The van der Waals surface area contributed by atoms with E-state index in [1.807, 2.05) is 65.5 Å².